The number of carbonyl (C=O) groups excluding carboxylic acids is 1. The molecule has 6 heteroatoms. The van der Waals surface area contributed by atoms with Gasteiger partial charge in [0, 0.05) is 18.1 Å². The normalized spacial score (nSPS) is 22.8. The molecule has 116 valence electrons. The molecule has 1 heterocycles. The highest BCUT2D eigenvalue weighted by atomic mass is 16.5. The number of nitrogens with zero attached hydrogens (tertiary/aromatic N) is 1. The Hall–Kier alpha value is -1.14. The molecule has 1 saturated heterocycles. The lowest BCUT2D eigenvalue weighted by Gasteiger charge is -2.38. The van der Waals surface area contributed by atoms with Gasteiger partial charge >= 0.3 is 5.97 Å². The molecule has 6 nitrogen and oxygen atoms in total. The number of hydrogen-bond acceptors (Lipinski definition) is 4. The van der Waals surface area contributed by atoms with Crippen LogP contribution in [-0.4, -0.2) is 59.8 Å². The van der Waals surface area contributed by atoms with Crippen LogP contribution >= 0.6 is 0 Å². The summed E-state index contributed by atoms with van der Waals surface area (Å²) in [6.45, 7) is 9.69. The van der Waals surface area contributed by atoms with E-state index in [4.69, 9.17) is 9.84 Å². The zero-order chi connectivity index (χ0) is 15.3. The molecule has 2 unspecified atom stereocenters. The lowest BCUT2D eigenvalue weighted by Crippen LogP contribution is -2.53. The van der Waals surface area contributed by atoms with E-state index < -0.39 is 11.5 Å². The van der Waals surface area contributed by atoms with Crippen molar-refractivity contribution in [2.24, 2.45) is 5.92 Å². The molecule has 0 aliphatic carbocycles. The van der Waals surface area contributed by atoms with Crippen LogP contribution in [0.4, 0.5) is 0 Å². The number of likely N-dealkylation sites (N-methyl/N-ethyl adjacent to an activating group) is 1. The van der Waals surface area contributed by atoms with Crippen LogP contribution in [0.2, 0.25) is 0 Å². The van der Waals surface area contributed by atoms with Gasteiger partial charge in [0.05, 0.1) is 25.6 Å². The molecule has 0 bridgehead atoms. The van der Waals surface area contributed by atoms with Gasteiger partial charge in [-0.15, -0.1) is 0 Å². The summed E-state index contributed by atoms with van der Waals surface area (Å²) in [5, 5.41) is 12.1. The second-order valence-corrected chi connectivity index (χ2v) is 6.11. The van der Waals surface area contributed by atoms with Crippen molar-refractivity contribution in [3.63, 3.8) is 0 Å². The number of carbonyl (C=O) groups is 2. The molecule has 20 heavy (non-hydrogen) atoms. The minimum absolute atomic E-state index is 0.0159. The summed E-state index contributed by atoms with van der Waals surface area (Å²) < 4.78 is 5.41. The van der Waals surface area contributed by atoms with Gasteiger partial charge in [-0.3, -0.25) is 9.59 Å². The Morgan fingerprint density at radius 3 is 2.50 bits per heavy atom. The van der Waals surface area contributed by atoms with Crippen LogP contribution < -0.4 is 5.32 Å². The highest BCUT2D eigenvalue weighted by Crippen LogP contribution is 2.22. The van der Waals surface area contributed by atoms with Gasteiger partial charge in [0.1, 0.15) is 0 Å². The third kappa shape index (κ3) is 4.45. The van der Waals surface area contributed by atoms with E-state index in [9.17, 15) is 9.59 Å². The maximum absolute atomic E-state index is 12.7. The topological polar surface area (TPSA) is 78.9 Å². The smallest absolute Gasteiger partial charge is 0.305 e. The Balaban J connectivity index is 2.79. The molecule has 1 rings (SSSR count). The van der Waals surface area contributed by atoms with Crippen LogP contribution in [0.1, 0.15) is 34.1 Å². The van der Waals surface area contributed by atoms with Crippen LogP contribution in [0.15, 0.2) is 0 Å². The Morgan fingerprint density at radius 2 is 2.00 bits per heavy atom. The number of hydrogen-bond donors (Lipinski definition) is 2. The van der Waals surface area contributed by atoms with Crippen LogP contribution in [-0.2, 0) is 14.3 Å². The second-order valence-electron chi connectivity index (χ2n) is 6.11. The second kappa shape index (κ2) is 7.04. The number of carboxylic acid groups (broad SMARTS) is 1. The summed E-state index contributed by atoms with van der Waals surface area (Å²) in [4.78, 5) is 25.1. The van der Waals surface area contributed by atoms with Crippen molar-refractivity contribution in [2.45, 2.75) is 45.7 Å². The monoisotopic (exact) mass is 286 g/mol. The average molecular weight is 286 g/mol. The van der Waals surface area contributed by atoms with Crippen LogP contribution in [0.25, 0.3) is 0 Å². The van der Waals surface area contributed by atoms with Gasteiger partial charge in [-0.25, -0.2) is 0 Å². The standard InChI is InChI=1S/C14H26N2O4/c1-5-15-11-9-20-8-10(11)13(19)16(14(2,3)4)7-6-12(17)18/h10-11,15H,5-9H2,1-4H3,(H,17,18). The predicted octanol–water partition coefficient (Wildman–Crippen LogP) is 0.713. The van der Waals surface area contributed by atoms with E-state index in [-0.39, 0.29) is 30.8 Å². The fraction of sp³-hybridized carbons (Fsp3) is 0.857. The maximum Gasteiger partial charge on any atom is 0.305 e. The van der Waals surface area contributed by atoms with E-state index in [0.29, 0.717) is 13.2 Å². The molecular weight excluding hydrogens is 260 g/mol. The summed E-state index contributed by atoms with van der Waals surface area (Å²) in [5.41, 5.74) is -0.397. The number of ether oxygens (including phenoxy) is 1. The number of nitrogens with one attached hydrogen (secondary N) is 1. The molecule has 0 saturated carbocycles. The largest absolute Gasteiger partial charge is 0.481 e. The van der Waals surface area contributed by atoms with E-state index in [0.717, 1.165) is 6.54 Å². The van der Waals surface area contributed by atoms with Gasteiger partial charge in [0.15, 0.2) is 0 Å². The molecule has 0 spiro atoms. The summed E-state index contributed by atoms with van der Waals surface area (Å²) >= 11 is 0. The molecule has 1 fully saturated rings. The quantitative estimate of drug-likeness (QED) is 0.752. The molecule has 1 amide bonds. The van der Waals surface area contributed by atoms with Gasteiger partial charge < -0.3 is 20.1 Å². The van der Waals surface area contributed by atoms with Crippen LogP contribution in [0, 0.1) is 5.92 Å². The maximum atomic E-state index is 12.7. The number of rotatable bonds is 6. The molecule has 2 atom stereocenters. The van der Waals surface area contributed by atoms with Crippen molar-refractivity contribution in [1.29, 1.82) is 0 Å². The lowest BCUT2D eigenvalue weighted by molar-refractivity contribution is -0.143. The Morgan fingerprint density at radius 1 is 1.35 bits per heavy atom. The van der Waals surface area contributed by atoms with Crippen LogP contribution in [0.3, 0.4) is 0 Å². The first kappa shape index (κ1) is 16.9. The van der Waals surface area contributed by atoms with Crippen molar-refractivity contribution in [3.05, 3.63) is 0 Å². The number of aliphatic carboxylic acids is 1. The molecule has 2 N–H and O–H groups in total. The summed E-state index contributed by atoms with van der Waals surface area (Å²) in [6.07, 6.45) is -0.0392. The minimum atomic E-state index is -0.891. The average Bonchev–Trinajstić information content (AvgIpc) is 2.75. The molecule has 0 aromatic rings. The first-order valence-electron chi connectivity index (χ1n) is 7.11. The fourth-order valence-corrected chi connectivity index (χ4v) is 2.44. The Bertz CT molecular complexity index is 352. The van der Waals surface area contributed by atoms with E-state index in [1.165, 1.54) is 0 Å². The molecule has 1 aliphatic heterocycles. The zero-order valence-electron chi connectivity index (χ0n) is 12.8. The minimum Gasteiger partial charge on any atom is -0.481 e. The SMILES string of the molecule is CCNC1COCC1C(=O)N(CCC(=O)O)C(C)(C)C. The van der Waals surface area contributed by atoms with Crippen molar-refractivity contribution >= 4 is 11.9 Å². The van der Waals surface area contributed by atoms with Crippen LogP contribution in [0.5, 0.6) is 0 Å². The van der Waals surface area contributed by atoms with E-state index >= 15 is 0 Å². The Kier molecular flexibility index (Phi) is 5.95. The highest BCUT2D eigenvalue weighted by Gasteiger charge is 2.39. The van der Waals surface area contributed by atoms with Gasteiger partial charge in [-0.05, 0) is 27.3 Å². The highest BCUT2D eigenvalue weighted by molar-refractivity contribution is 5.81. The third-order valence-corrected chi connectivity index (χ3v) is 3.49. The van der Waals surface area contributed by atoms with Crippen molar-refractivity contribution in [3.8, 4) is 0 Å². The fourth-order valence-electron chi connectivity index (χ4n) is 2.44. The van der Waals surface area contributed by atoms with Gasteiger partial charge in [-0.2, -0.15) is 0 Å². The Labute approximate surface area is 120 Å². The van der Waals surface area contributed by atoms with Crippen molar-refractivity contribution in [1.82, 2.24) is 10.2 Å². The molecular formula is C14H26N2O4. The first-order valence-corrected chi connectivity index (χ1v) is 7.11. The summed E-state index contributed by atoms with van der Waals surface area (Å²) in [5.74, 6) is -1.15. The molecule has 1 aliphatic rings. The van der Waals surface area contributed by atoms with E-state index in [1.807, 2.05) is 27.7 Å². The lowest BCUT2D eigenvalue weighted by atomic mass is 9.97. The third-order valence-electron chi connectivity index (χ3n) is 3.49. The van der Waals surface area contributed by atoms with E-state index in [2.05, 4.69) is 5.32 Å². The van der Waals surface area contributed by atoms with Crippen molar-refractivity contribution < 1.29 is 19.4 Å². The number of carboxylic acids is 1. The number of amides is 1. The van der Waals surface area contributed by atoms with Gasteiger partial charge in [-0.1, -0.05) is 6.92 Å². The van der Waals surface area contributed by atoms with E-state index in [1.54, 1.807) is 4.90 Å². The van der Waals surface area contributed by atoms with Gasteiger partial charge in [0.25, 0.3) is 0 Å². The van der Waals surface area contributed by atoms with Gasteiger partial charge in [0.2, 0.25) is 5.91 Å². The first-order chi connectivity index (χ1) is 9.27. The van der Waals surface area contributed by atoms with Crippen molar-refractivity contribution in [2.75, 3.05) is 26.3 Å². The predicted molar refractivity (Wildman–Crippen MR) is 75.5 cm³/mol. The molecule has 0 aromatic heterocycles. The zero-order valence-corrected chi connectivity index (χ0v) is 12.8. The summed E-state index contributed by atoms with van der Waals surface area (Å²) in [7, 11) is 0. The summed E-state index contributed by atoms with van der Waals surface area (Å²) in [6, 6.07) is 0.0159. The molecule has 0 aromatic carbocycles. The molecule has 0 radical (unpaired) electrons.